The highest BCUT2D eigenvalue weighted by Gasteiger charge is 2.24. The van der Waals surface area contributed by atoms with Gasteiger partial charge in [-0.1, -0.05) is 17.7 Å². The van der Waals surface area contributed by atoms with E-state index < -0.39 is 0 Å². The van der Waals surface area contributed by atoms with Gasteiger partial charge in [-0.25, -0.2) is 14.4 Å². The topological polar surface area (TPSA) is 42.7 Å². The van der Waals surface area contributed by atoms with E-state index in [1.165, 1.54) is 12.1 Å². The monoisotopic (exact) mass is 346 g/mol. The van der Waals surface area contributed by atoms with Gasteiger partial charge in [0, 0.05) is 48.8 Å². The Bertz CT molecular complexity index is 836. The largest absolute Gasteiger partial charge is 0.371 e. The van der Waals surface area contributed by atoms with Crippen LogP contribution in [0.1, 0.15) is 17.4 Å². The molecule has 0 bridgehead atoms. The van der Waals surface area contributed by atoms with Crippen molar-refractivity contribution in [3.05, 3.63) is 65.0 Å². The molecule has 3 aromatic rings. The molecule has 0 amide bonds. The van der Waals surface area contributed by atoms with Gasteiger partial charge in [-0.3, -0.25) is 9.30 Å². The lowest BCUT2D eigenvalue weighted by molar-refractivity contribution is -0.0332. The predicted molar refractivity (Wildman–Crippen MR) is 88.4 cm³/mol. The van der Waals surface area contributed by atoms with Crippen LogP contribution in [0, 0.1) is 5.82 Å². The van der Waals surface area contributed by atoms with Gasteiger partial charge in [0.1, 0.15) is 5.82 Å². The first-order valence-electron chi connectivity index (χ1n) is 7.76. The van der Waals surface area contributed by atoms with Crippen LogP contribution in [0.2, 0.25) is 5.02 Å². The van der Waals surface area contributed by atoms with E-state index in [-0.39, 0.29) is 11.9 Å². The van der Waals surface area contributed by atoms with E-state index in [9.17, 15) is 4.39 Å². The van der Waals surface area contributed by atoms with E-state index in [0.717, 1.165) is 17.8 Å². The fraction of sp³-hybridized carbons (Fsp3) is 0.294. The number of benzene rings is 1. The highest BCUT2D eigenvalue weighted by atomic mass is 35.5. The Morgan fingerprint density at radius 2 is 2.29 bits per heavy atom. The summed E-state index contributed by atoms with van der Waals surface area (Å²) in [7, 11) is 0. The van der Waals surface area contributed by atoms with Crippen LogP contribution < -0.4 is 0 Å². The quantitative estimate of drug-likeness (QED) is 0.731. The van der Waals surface area contributed by atoms with Gasteiger partial charge in [-0.05, 0) is 18.2 Å². The highest BCUT2D eigenvalue weighted by molar-refractivity contribution is 6.31. The summed E-state index contributed by atoms with van der Waals surface area (Å²) in [5.41, 5.74) is 1.78. The fourth-order valence-electron chi connectivity index (χ4n) is 2.98. The first kappa shape index (κ1) is 15.5. The van der Waals surface area contributed by atoms with Crippen LogP contribution in [-0.2, 0) is 11.3 Å². The second-order valence-corrected chi connectivity index (χ2v) is 6.23. The normalized spacial score (nSPS) is 19.0. The van der Waals surface area contributed by atoms with E-state index >= 15 is 0 Å². The average Bonchev–Trinajstić information content (AvgIpc) is 2.97. The molecular formula is C17H16ClFN4O. The lowest BCUT2D eigenvalue weighted by atomic mass is 10.1. The summed E-state index contributed by atoms with van der Waals surface area (Å²) in [6, 6.07) is 6.31. The van der Waals surface area contributed by atoms with Crippen LogP contribution in [0.25, 0.3) is 5.78 Å². The number of imidazole rings is 1. The van der Waals surface area contributed by atoms with Gasteiger partial charge in [-0.2, -0.15) is 0 Å². The van der Waals surface area contributed by atoms with E-state index in [0.29, 0.717) is 30.5 Å². The third-order valence-corrected chi connectivity index (χ3v) is 4.46. The summed E-state index contributed by atoms with van der Waals surface area (Å²) < 4.78 is 21.0. The number of ether oxygens (including phenoxy) is 1. The lowest BCUT2D eigenvalue weighted by Crippen LogP contribution is -2.38. The van der Waals surface area contributed by atoms with Crippen molar-refractivity contribution >= 4 is 17.4 Å². The van der Waals surface area contributed by atoms with Crippen LogP contribution >= 0.6 is 11.6 Å². The van der Waals surface area contributed by atoms with Crippen molar-refractivity contribution in [3.8, 4) is 0 Å². The number of morpholine rings is 1. The van der Waals surface area contributed by atoms with E-state index in [1.54, 1.807) is 12.3 Å². The molecule has 1 atom stereocenters. The molecule has 0 saturated carbocycles. The minimum absolute atomic E-state index is 0.165. The molecule has 5 nitrogen and oxygen atoms in total. The Balaban J connectivity index is 1.50. The van der Waals surface area contributed by atoms with E-state index in [4.69, 9.17) is 16.3 Å². The van der Waals surface area contributed by atoms with Crippen LogP contribution in [0.4, 0.5) is 4.39 Å². The fourth-order valence-corrected chi connectivity index (χ4v) is 3.27. The molecule has 124 valence electrons. The van der Waals surface area contributed by atoms with Crippen molar-refractivity contribution in [2.45, 2.75) is 12.6 Å². The minimum atomic E-state index is -0.339. The number of hydrogen-bond acceptors (Lipinski definition) is 4. The number of hydrogen-bond donors (Lipinski definition) is 0. The van der Waals surface area contributed by atoms with Crippen molar-refractivity contribution in [2.24, 2.45) is 0 Å². The summed E-state index contributed by atoms with van der Waals surface area (Å²) in [6.45, 7) is 2.81. The number of nitrogens with zero attached hydrogens (tertiary/aromatic N) is 4. The predicted octanol–water partition coefficient (Wildman–Crippen LogP) is 3.10. The van der Waals surface area contributed by atoms with E-state index in [1.807, 2.05) is 22.9 Å². The smallest absolute Gasteiger partial charge is 0.233 e. The molecule has 24 heavy (non-hydrogen) atoms. The Kier molecular flexibility index (Phi) is 4.18. The third kappa shape index (κ3) is 3.13. The molecule has 0 radical (unpaired) electrons. The molecule has 0 aliphatic carbocycles. The molecular weight excluding hydrogens is 331 g/mol. The molecule has 1 fully saturated rings. The molecule has 1 aliphatic heterocycles. The zero-order valence-electron chi connectivity index (χ0n) is 12.9. The van der Waals surface area contributed by atoms with Crippen molar-refractivity contribution in [3.63, 3.8) is 0 Å². The van der Waals surface area contributed by atoms with Gasteiger partial charge in [0.05, 0.1) is 18.4 Å². The molecule has 2 aromatic heterocycles. The Labute approximate surface area is 143 Å². The molecule has 1 aliphatic rings. The molecule has 7 heteroatoms. The summed E-state index contributed by atoms with van der Waals surface area (Å²) in [4.78, 5) is 11.0. The maximum absolute atomic E-state index is 13.2. The Morgan fingerprint density at radius 3 is 3.12 bits per heavy atom. The van der Waals surface area contributed by atoms with Crippen LogP contribution in [-0.4, -0.2) is 39.0 Å². The highest BCUT2D eigenvalue weighted by Crippen LogP contribution is 2.29. The second kappa shape index (κ2) is 6.47. The van der Waals surface area contributed by atoms with Crippen molar-refractivity contribution in [1.29, 1.82) is 0 Å². The van der Waals surface area contributed by atoms with Crippen molar-refractivity contribution in [2.75, 3.05) is 19.7 Å². The summed E-state index contributed by atoms with van der Waals surface area (Å²) in [5.74, 6) is 0.354. The molecule has 0 unspecified atom stereocenters. The van der Waals surface area contributed by atoms with Crippen LogP contribution in [0.5, 0.6) is 0 Å². The first-order valence-corrected chi connectivity index (χ1v) is 8.14. The van der Waals surface area contributed by atoms with Gasteiger partial charge in [-0.15, -0.1) is 0 Å². The standard InChI is InChI=1S/C17H16ClFN4O/c18-15-8-12(19)2-3-14(15)16-11-22(6-7-24-16)9-13-10-23-5-1-4-20-17(23)21-13/h1-5,8,10,16H,6-7,9,11H2/t16-/m1/s1. The molecule has 3 heterocycles. The summed E-state index contributed by atoms with van der Waals surface area (Å²) in [6.07, 6.45) is 5.48. The first-order chi connectivity index (χ1) is 11.7. The summed E-state index contributed by atoms with van der Waals surface area (Å²) >= 11 is 6.16. The zero-order chi connectivity index (χ0) is 16.5. The number of rotatable bonds is 3. The van der Waals surface area contributed by atoms with Gasteiger partial charge >= 0.3 is 0 Å². The second-order valence-electron chi connectivity index (χ2n) is 5.82. The number of fused-ring (bicyclic) bond motifs is 1. The number of aromatic nitrogens is 3. The van der Waals surface area contributed by atoms with Gasteiger partial charge in [0.15, 0.2) is 0 Å². The molecule has 0 N–H and O–H groups in total. The van der Waals surface area contributed by atoms with Gasteiger partial charge < -0.3 is 4.74 Å². The third-order valence-electron chi connectivity index (χ3n) is 4.13. The SMILES string of the molecule is Fc1ccc([C@H]2CN(Cc3cn4cccnc4n3)CCO2)c(Cl)c1. The minimum Gasteiger partial charge on any atom is -0.371 e. The van der Waals surface area contributed by atoms with Gasteiger partial charge in [0.25, 0.3) is 0 Å². The van der Waals surface area contributed by atoms with Crippen LogP contribution in [0.3, 0.4) is 0 Å². The van der Waals surface area contributed by atoms with E-state index in [2.05, 4.69) is 14.9 Å². The lowest BCUT2D eigenvalue weighted by Gasteiger charge is -2.33. The molecule has 4 rings (SSSR count). The summed E-state index contributed by atoms with van der Waals surface area (Å²) in [5, 5.41) is 0.402. The molecule has 1 saturated heterocycles. The number of halogens is 2. The molecule has 0 spiro atoms. The molecule has 1 aromatic carbocycles. The maximum atomic E-state index is 13.2. The Hall–Kier alpha value is -2.02. The van der Waals surface area contributed by atoms with Crippen molar-refractivity contribution < 1.29 is 9.13 Å². The zero-order valence-corrected chi connectivity index (χ0v) is 13.7. The van der Waals surface area contributed by atoms with Crippen LogP contribution in [0.15, 0.2) is 42.9 Å². The average molecular weight is 347 g/mol. The van der Waals surface area contributed by atoms with Gasteiger partial charge in [0.2, 0.25) is 5.78 Å². The Morgan fingerprint density at radius 1 is 1.38 bits per heavy atom. The van der Waals surface area contributed by atoms with Crippen molar-refractivity contribution in [1.82, 2.24) is 19.3 Å². The maximum Gasteiger partial charge on any atom is 0.233 e.